The van der Waals surface area contributed by atoms with Crippen LogP contribution >= 0.6 is 11.6 Å². The van der Waals surface area contributed by atoms with E-state index in [1.807, 2.05) is 48.5 Å². The van der Waals surface area contributed by atoms with Crippen molar-refractivity contribution in [3.05, 3.63) is 119 Å². The third-order valence-electron chi connectivity index (χ3n) is 8.11. The Morgan fingerprint density at radius 3 is 2.18 bits per heavy atom. The molecule has 3 N–H and O–H groups in total. The Morgan fingerprint density at radius 1 is 0.860 bits per heavy atom. The van der Waals surface area contributed by atoms with Gasteiger partial charge in [-0.1, -0.05) is 117 Å². The highest BCUT2D eigenvalue weighted by Gasteiger charge is 2.24. The van der Waals surface area contributed by atoms with E-state index in [2.05, 4.69) is 74.7 Å². The fourth-order valence-corrected chi connectivity index (χ4v) is 5.84. The Morgan fingerprint density at radius 2 is 1.54 bits per heavy atom. The summed E-state index contributed by atoms with van der Waals surface area (Å²) in [7, 11) is 2.56. The molecule has 0 aliphatic rings. The number of benzene rings is 3. The van der Waals surface area contributed by atoms with Crippen LogP contribution in [0.25, 0.3) is 6.08 Å². The third kappa shape index (κ3) is 17.1. The first kappa shape index (κ1) is 42.3. The minimum Gasteiger partial charge on any atom is -0.495 e. The van der Waals surface area contributed by atoms with Crippen LogP contribution in [0.4, 0.5) is 0 Å². The molecule has 2 amide bonds. The molecular formula is C42H57ClN2O5. The number of hydrogen-bond acceptors (Lipinski definition) is 5. The summed E-state index contributed by atoms with van der Waals surface area (Å²) in [6.45, 7) is 9.14. The van der Waals surface area contributed by atoms with Crippen LogP contribution in [0.15, 0.2) is 97.1 Å². The number of carbonyl (C=O) groups excluding carboxylic acids is 2. The molecule has 0 saturated heterocycles. The number of aliphatic hydroxyl groups is 1. The highest BCUT2D eigenvalue weighted by molar-refractivity contribution is 6.32. The summed E-state index contributed by atoms with van der Waals surface area (Å²) in [6.07, 6.45) is 12.0. The molecule has 0 radical (unpaired) electrons. The van der Waals surface area contributed by atoms with E-state index in [-0.39, 0.29) is 30.4 Å². The fourth-order valence-electron chi connectivity index (χ4n) is 5.56. The topological polar surface area (TPSA) is 96.9 Å². The predicted octanol–water partition coefficient (Wildman–Crippen LogP) is 8.24. The lowest BCUT2D eigenvalue weighted by Gasteiger charge is -2.25. The summed E-state index contributed by atoms with van der Waals surface area (Å²) in [5.74, 6) is 0.891. The van der Waals surface area contributed by atoms with Crippen molar-refractivity contribution in [2.45, 2.75) is 84.4 Å². The van der Waals surface area contributed by atoms with Crippen LogP contribution in [-0.4, -0.2) is 55.9 Å². The van der Waals surface area contributed by atoms with E-state index in [0.29, 0.717) is 42.1 Å². The van der Waals surface area contributed by atoms with E-state index in [4.69, 9.17) is 26.2 Å². The highest BCUT2D eigenvalue weighted by atomic mass is 35.5. The van der Waals surface area contributed by atoms with E-state index >= 15 is 0 Å². The lowest BCUT2D eigenvalue weighted by molar-refractivity contribution is -0.127. The minimum atomic E-state index is -0.807. The number of halogens is 1. The van der Waals surface area contributed by atoms with Gasteiger partial charge in [0.2, 0.25) is 11.8 Å². The molecule has 0 unspecified atom stereocenters. The molecule has 0 heterocycles. The van der Waals surface area contributed by atoms with Gasteiger partial charge in [0.25, 0.3) is 0 Å². The van der Waals surface area contributed by atoms with Crippen LogP contribution in [0.3, 0.4) is 0 Å². The summed E-state index contributed by atoms with van der Waals surface area (Å²) >= 11 is 6.41. The largest absolute Gasteiger partial charge is 0.495 e. The van der Waals surface area contributed by atoms with Gasteiger partial charge < -0.3 is 25.2 Å². The molecule has 272 valence electrons. The molecule has 3 aromatic carbocycles. The standard InChI is InChI=1S/C41H53ClN2O4.CH4O/c1-30(2)26-32(4)48-25-24-36(27-34-17-10-7-11-18-34)43-41(46)38(29-35-22-23-39(47-5)37(42)28-35)44-40(45)19-13-12-14-31(3)20-21-33-15-8-6-9-16-33;1-2/h6-11,13,15-23,28,30-32,36,38H,12,14,24-27,29H2,1-5H3,(H,43,46)(H,44,45);2H,1H3/b19-13+,21-20+;/t31-,32+,36-,38+;/m0./s1. The van der Waals surface area contributed by atoms with Gasteiger partial charge in [0, 0.05) is 26.2 Å². The molecule has 8 heteroatoms. The number of methoxy groups -OCH3 is 1. The first-order valence-electron chi connectivity index (χ1n) is 17.6. The van der Waals surface area contributed by atoms with E-state index < -0.39 is 6.04 Å². The monoisotopic (exact) mass is 704 g/mol. The Bertz CT molecular complexity index is 1450. The van der Waals surface area contributed by atoms with Crippen molar-refractivity contribution in [2.75, 3.05) is 20.8 Å². The van der Waals surface area contributed by atoms with Gasteiger partial charge in [0.1, 0.15) is 11.8 Å². The summed E-state index contributed by atoms with van der Waals surface area (Å²) in [5.41, 5.74) is 3.10. The highest BCUT2D eigenvalue weighted by Crippen LogP contribution is 2.25. The molecule has 0 aliphatic carbocycles. The maximum Gasteiger partial charge on any atom is 0.244 e. The van der Waals surface area contributed by atoms with Gasteiger partial charge in [0.15, 0.2) is 0 Å². The van der Waals surface area contributed by atoms with Crippen molar-refractivity contribution in [1.29, 1.82) is 0 Å². The summed E-state index contributed by atoms with van der Waals surface area (Å²) in [4.78, 5) is 27.0. The van der Waals surface area contributed by atoms with Crippen molar-refractivity contribution >= 4 is 29.5 Å². The first-order valence-corrected chi connectivity index (χ1v) is 17.9. The number of nitrogens with one attached hydrogen (secondary N) is 2. The second-order valence-electron chi connectivity index (χ2n) is 13.0. The average molecular weight is 705 g/mol. The van der Waals surface area contributed by atoms with Crippen LogP contribution < -0.4 is 15.4 Å². The Kier molecular flexibility index (Phi) is 20.5. The number of allylic oxidation sites excluding steroid dienone is 2. The molecule has 0 fully saturated rings. The van der Waals surface area contributed by atoms with Crippen molar-refractivity contribution in [2.24, 2.45) is 11.8 Å². The lowest BCUT2D eigenvalue weighted by atomic mass is 10.0. The smallest absolute Gasteiger partial charge is 0.244 e. The molecule has 0 aromatic heterocycles. The zero-order valence-corrected chi connectivity index (χ0v) is 31.4. The van der Waals surface area contributed by atoms with E-state index in [9.17, 15) is 9.59 Å². The molecule has 0 aliphatic heterocycles. The summed E-state index contributed by atoms with van der Waals surface area (Å²) in [6, 6.07) is 24.7. The van der Waals surface area contributed by atoms with Crippen molar-refractivity contribution in [1.82, 2.24) is 10.6 Å². The molecule has 50 heavy (non-hydrogen) atoms. The number of rotatable bonds is 20. The SMILES string of the molecule is CO.COc1ccc(C[C@@H](NC(=O)/C=C/CC[C@H](C)/C=C/c2ccccc2)C(=O)N[C@@H](CCO[C@H](C)CC(C)C)Cc2ccccc2)cc1Cl. The van der Waals surface area contributed by atoms with Gasteiger partial charge in [-0.05, 0) is 85.8 Å². The van der Waals surface area contributed by atoms with Gasteiger partial charge >= 0.3 is 0 Å². The van der Waals surface area contributed by atoms with Gasteiger partial charge in [0.05, 0.1) is 18.2 Å². The number of hydrogen-bond donors (Lipinski definition) is 3. The predicted molar refractivity (Wildman–Crippen MR) is 206 cm³/mol. The molecule has 0 spiro atoms. The molecule has 3 rings (SSSR count). The molecule has 7 nitrogen and oxygen atoms in total. The van der Waals surface area contributed by atoms with Crippen LogP contribution in [0.5, 0.6) is 5.75 Å². The third-order valence-corrected chi connectivity index (χ3v) is 8.40. The molecule has 0 saturated carbocycles. The number of ether oxygens (including phenoxy) is 2. The second-order valence-corrected chi connectivity index (χ2v) is 13.4. The summed E-state index contributed by atoms with van der Waals surface area (Å²) < 4.78 is 11.4. The average Bonchev–Trinajstić information content (AvgIpc) is 3.10. The Labute approximate surface area is 305 Å². The quantitative estimate of drug-likeness (QED) is 0.103. The fraction of sp³-hybridized carbons (Fsp3) is 0.429. The first-order chi connectivity index (χ1) is 24.1. The molecule has 3 aromatic rings. The van der Waals surface area contributed by atoms with Gasteiger partial charge in [-0.15, -0.1) is 0 Å². The van der Waals surface area contributed by atoms with Crippen molar-refractivity contribution in [3.63, 3.8) is 0 Å². The van der Waals surface area contributed by atoms with Crippen LogP contribution in [0.1, 0.15) is 70.1 Å². The normalized spacial score (nSPS) is 13.7. The van der Waals surface area contributed by atoms with Gasteiger partial charge in [-0.25, -0.2) is 0 Å². The second kappa shape index (κ2) is 24.3. The Balaban J connectivity index is 0.00000425. The van der Waals surface area contributed by atoms with E-state index in [1.165, 1.54) is 11.6 Å². The minimum absolute atomic E-state index is 0.139. The lowest BCUT2D eigenvalue weighted by Crippen LogP contribution is -2.51. The van der Waals surface area contributed by atoms with Crippen LogP contribution in [-0.2, 0) is 27.2 Å². The van der Waals surface area contributed by atoms with Crippen molar-refractivity contribution in [3.8, 4) is 5.75 Å². The summed E-state index contributed by atoms with van der Waals surface area (Å²) in [5, 5.41) is 13.6. The maximum atomic E-state index is 13.9. The van der Waals surface area contributed by atoms with Crippen LogP contribution in [0.2, 0.25) is 5.02 Å². The van der Waals surface area contributed by atoms with E-state index in [0.717, 1.165) is 37.5 Å². The van der Waals surface area contributed by atoms with Crippen molar-refractivity contribution < 1.29 is 24.2 Å². The number of amides is 2. The zero-order valence-electron chi connectivity index (χ0n) is 30.6. The zero-order chi connectivity index (χ0) is 36.7. The molecule has 0 bridgehead atoms. The molecule has 4 atom stereocenters. The molecular weight excluding hydrogens is 648 g/mol. The maximum absolute atomic E-state index is 13.9. The Hall–Kier alpha value is -3.91. The van der Waals surface area contributed by atoms with Gasteiger partial charge in [-0.2, -0.15) is 0 Å². The number of carbonyl (C=O) groups is 2. The van der Waals surface area contributed by atoms with E-state index in [1.54, 1.807) is 19.2 Å². The van der Waals surface area contributed by atoms with Gasteiger partial charge in [-0.3, -0.25) is 9.59 Å². The van der Waals surface area contributed by atoms with Crippen LogP contribution in [0, 0.1) is 11.8 Å². The number of aliphatic hydroxyl groups excluding tert-OH is 1.